The van der Waals surface area contributed by atoms with E-state index in [0.29, 0.717) is 31.3 Å². The van der Waals surface area contributed by atoms with Gasteiger partial charge in [-0.25, -0.2) is 14.8 Å². The van der Waals surface area contributed by atoms with Gasteiger partial charge in [0.15, 0.2) is 11.2 Å². The lowest BCUT2D eigenvalue weighted by atomic mass is 10.1. The zero-order chi connectivity index (χ0) is 27.7. The Morgan fingerprint density at radius 2 is 1.90 bits per heavy atom. The van der Waals surface area contributed by atoms with Crippen molar-refractivity contribution in [1.82, 2.24) is 28.7 Å². The number of rotatable bonds is 8. The van der Waals surface area contributed by atoms with Gasteiger partial charge < -0.3 is 19.9 Å². The maximum atomic E-state index is 13.9. The molecule has 4 heterocycles. The molecule has 0 amide bonds. The quantitative estimate of drug-likeness (QED) is 0.333. The van der Waals surface area contributed by atoms with Crippen molar-refractivity contribution < 1.29 is 9.53 Å². The number of piperidine rings is 1. The second-order valence-electron chi connectivity index (χ2n) is 9.90. The Bertz CT molecular complexity index is 1650. The highest BCUT2D eigenvalue weighted by atomic mass is 16.5. The van der Waals surface area contributed by atoms with Crippen molar-refractivity contribution in [2.24, 2.45) is 5.73 Å². The number of benzene rings is 1. The summed E-state index contributed by atoms with van der Waals surface area (Å²) in [4.78, 5) is 56.3. The van der Waals surface area contributed by atoms with Gasteiger partial charge in [-0.2, -0.15) is 4.98 Å². The number of hydrogen-bond donors (Lipinski definition) is 1. The summed E-state index contributed by atoms with van der Waals surface area (Å²) in [5.74, 6) is 0.316. The average molecular weight is 535 g/mol. The van der Waals surface area contributed by atoms with Crippen LogP contribution in [-0.2, 0) is 29.2 Å². The summed E-state index contributed by atoms with van der Waals surface area (Å²) in [6.07, 6.45) is 2.46. The van der Waals surface area contributed by atoms with E-state index in [4.69, 9.17) is 15.5 Å². The van der Waals surface area contributed by atoms with Crippen LogP contribution in [0, 0.1) is 6.92 Å². The molecular weight excluding hydrogens is 500 g/mol. The Kier molecular flexibility index (Phi) is 7.47. The van der Waals surface area contributed by atoms with Crippen molar-refractivity contribution >= 4 is 34.0 Å². The number of carbonyl (C=O) groups excluding carboxylic acids is 1. The second-order valence-corrected chi connectivity index (χ2v) is 9.90. The predicted octanol–water partition coefficient (Wildman–Crippen LogP) is 1.56. The monoisotopic (exact) mass is 534 g/mol. The molecule has 1 fully saturated rings. The van der Waals surface area contributed by atoms with Crippen molar-refractivity contribution in [2.45, 2.75) is 65.7 Å². The molecule has 39 heavy (non-hydrogen) atoms. The van der Waals surface area contributed by atoms with Crippen LogP contribution < -0.4 is 21.9 Å². The molecule has 1 atom stereocenters. The van der Waals surface area contributed by atoms with Crippen LogP contribution in [0.25, 0.3) is 22.1 Å². The van der Waals surface area contributed by atoms with Gasteiger partial charge in [0.1, 0.15) is 12.4 Å². The first kappa shape index (κ1) is 26.5. The van der Waals surface area contributed by atoms with Crippen LogP contribution in [0.2, 0.25) is 0 Å². The van der Waals surface area contributed by atoms with Crippen molar-refractivity contribution in [1.29, 1.82) is 0 Å². The van der Waals surface area contributed by atoms with Crippen molar-refractivity contribution in [3.63, 3.8) is 0 Å². The Morgan fingerprint density at radius 1 is 1.10 bits per heavy atom. The number of aryl methyl sites for hydroxylation is 2. The van der Waals surface area contributed by atoms with E-state index >= 15 is 0 Å². The van der Waals surface area contributed by atoms with E-state index in [1.165, 1.54) is 4.57 Å². The van der Waals surface area contributed by atoms with E-state index in [9.17, 15) is 14.4 Å². The van der Waals surface area contributed by atoms with Gasteiger partial charge in [0, 0.05) is 36.8 Å². The number of ether oxygens (including phenoxy) is 1. The molecule has 1 aromatic carbocycles. The molecule has 1 aliphatic heterocycles. The molecule has 0 radical (unpaired) electrons. The van der Waals surface area contributed by atoms with E-state index < -0.39 is 17.2 Å². The standard InChI is InChI=1S/C27H34N8O4/c1-4-13-39-22(36)16-34-24-23(33(5-2)26(31-24)32-12-8-9-18(28)14-32)25(37)35(27(34)38)15-21-29-17(3)19-10-6-7-11-20(19)30-21/h6-7,10-11,18H,4-5,8-9,12-16,28H2,1-3H3. The molecule has 1 unspecified atom stereocenters. The molecule has 4 aromatic rings. The molecule has 206 valence electrons. The van der Waals surface area contributed by atoms with Crippen LogP contribution in [0.4, 0.5) is 5.95 Å². The first-order chi connectivity index (χ1) is 18.8. The summed E-state index contributed by atoms with van der Waals surface area (Å²) < 4.78 is 9.38. The first-order valence-electron chi connectivity index (χ1n) is 13.4. The van der Waals surface area contributed by atoms with Crippen molar-refractivity contribution in [3.05, 3.63) is 56.6 Å². The van der Waals surface area contributed by atoms with Crippen LogP contribution >= 0.6 is 0 Å². The molecule has 12 nitrogen and oxygen atoms in total. The number of esters is 1. The van der Waals surface area contributed by atoms with Crippen LogP contribution in [0.15, 0.2) is 33.9 Å². The fraction of sp³-hybridized carbons (Fsp3) is 0.481. The number of nitrogens with zero attached hydrogens (tertiary/aromatic N) is 7. The third-order valence-electron chi connectivity index (χ3n) is 7.05. The number of anilines is 1. The largest absolute Gasteiger partial charge is 0.464 e. The number of fused-ring (bicyclic) bond motifs is 2. The van der Waals surface area contributed by atoms with E-state index in [1.54, 1.807) is 4.57 Å². The van der Waals surface area contributed by atoms with Crippen LogP contribution in [-0.4, -0.2) is 60.4 Å². The number of hydrogen-bond acceptors (Lipinski definition) is 9. The van der Waals surface area contributed by atoms with Gasteiger partial charge in [0.2, 0.25) is 5.95 Å². The topological polar surface area (TPSA) is 143 Å². The van der Waals surface area contributed by atoms with Gasteiger partial charge >= 0.3 is 11.7 Å². The maximum Gasteiger partial charge on any atom is 0.333 e. The van der Waals surface area contributed by atoms with Gasteiger partial charge in [0.05, 0.1) is 18.7 Å². The highest BCUT2D eigenvalue weighted by Crippen LogP contribution is 2.23. The second kappa shape index (κ2) is 11.0. The Morgan fingerprint density at radius 3 is 2.64 bits per heavy atom. The minimum absolute atomic E-state index is 0.0139. The van der Waals surface area contributed by atoms with Gasteiger partial charge in [-0.1, -0.05) is 25.1 Å². The summed E-state index contributed by atoms with van der Waals surface area (Å²) in [5, 5.41) is 0.897. The zero-order valence-electron chi connectivity index (χ0n) is 22.6. The molecule has 0 saturated carbocycles. The van der Waals surface area contributed by atoms with Crippen molar-refractivity contribution in [2.75, 3.05) is 24.6 Å². The van der Waals surface area contributed by atoms with Crippen LogP contribution in [0.3, 0.4) is 0 Å². The highest BCUT2D eigenvalue weighted by Gasteiger charge is 2.27. The number of para-hydroxylation sites is 1. The van der Waals surface area contributed by atoms with E-state index in [2.05, 4.69) is 9.97 Å². The molecular formula is C27H34N8O4. The lowest BCUT2D eigenvalue weighted by Crippen LogP contribution is -2.44. The lowest BCUT2D eigenvalue weighted by molar-refractivity contribution is -0.144. The summed E-state index contributed by atoms with van der Waals surface area (Å²) in [5.41, 5.74) is 6.92. The van der Waals surface area contributed by atoms with Crippen LogP contribution in [0.1, 0.15) is 44.6 Å². The molecule has 0 spiro atoms. The van der Waals surface area contributed by atoms with Gasteiger partial charge in [0.25, 0.3) is 5.56 Å². The summed E-state index contributed by atoms with van der Waals surface area (Å²) in [7, 11) is 0. The molecule has 0 aliphatic carbocycles. The third kappa shape index (κ3) is 5.03. The number of imidazole rings is 1. The fourth-order valence-electron chi connectivity index (χ4n) is 5.19. The SMILES string of the molecule is CCCOC(=O)Cn1c(=O)n(Cc2nc(C)c3ccccc3n2)c(=O)c2c1nc(N1CCCC(N)C1)n2CC. The maximum absolute atomic E-state index is 13.9. The number of nitrogens with two attached hydrogens (primary N) is 1. The van der Waals surface area contributed by atoms with Gasteiger partial charge in [-0.15, -0.1) is 0 Å². The molecule has 12 heteroatoms. The third-order valence-corrected chi connectivity index (χ3v) is 7.05. The molecule has 3 aromatic heterocycles. The Balaban J connectivity index is 1.69. The number of carbonyl (C=O) groups is 1. The minimum atomic E-state index is -0.669. The van der Waals surface area contributed by atoms with Crippen LogP contribution in [0.5, 0.6) is 0 Å². The minimum Gasteiger partial charge on any atom is -0.464 e. The Labute approximate surface area is 225 Å². The summed E-state index contributed by atoms with van der Waals surface area (Å²) >= 11 is 0. The number of aromatic nitrogens is 6. The van der Waals surface area contributed by atoms with E-state index in [-0.39, 0.29) is 36.9 Å². The summed E-state index contributed by atoms with van der Waals surface area (Å²) in [6.45, 7) is 7.15. The van der Waals surface area contributed by atoms with E-state index in [0.717, 1.165) is 40.6 Å². The molecule has 2 N–H and O–H groups in total. The van der Waals surface area contributed by atoms with Gasteiger partial charge in [-0.3, -0.25) is 18.7 Å². The van der Waals surface area contributed by atoms with E-state index in [1.807, 2.05) is 49.9 Å². The molecule has 5 rings (SSSR count). The smallest absolute Gasteiger partial charge is 0.333 e. The lowest BCUT2D eigenvalue weighted by Gasteiger charge is -2.31. The molecule has 0 bridgehead atoms. The zero-order valence-corrected chi connectivity index (χ0v) is 22.6. The normalized spacial score (nSPS) is 15.8. The molecule has 1 aliphatic rings. The van der Waals surface area contributed by atoms with Gasteiger partial charge in [-0.05, 0) is 39.2 Å². The average Bonchev–Trinajstić information content (AvgIpc) is 3.32. The van der Waals surface area contributed by atoms with Crippen molar-refractivity contribution in [3.8, 4) is 0 Å². The predicted molar refractivity (Wildman–Crippen MR) is 148 cm³/mol. The molecule has 1 saturated heterocycles. The Hall–Kier alpha value is -4.06. The summed E-state index contributed by atoms with van der Waals surface area (Å²) in [6, 6.07) is 7.56. The first-order valence-corrected chi connectivity index (χ1v) is 13.4. The fourth-order valence-corrected chi connectivity index (χ4v) is 5.19. The highest BCUT2D eigenvalue weighted by molar-refractivity contribution is 5.80.